The molecule has 0 spiro atoms. The molecular formula is C22H22N2O2. The molecule has 26 heavy (non-hydrogen) atoms. The molecule has 3 aromatic rings. The molecular weight excluding hydrogens is 324 g/mol. The average molecular weight is 346 g/mol. The molecule has 1 aromatic heterocycles. The minimum Gasteiger partial charge on any atom is -0.322 e. The van der Waals surface area contributed by atoms with E-state index in [1.165, 1.54) is 11.1 Å². The number of aromatic nitrogens is 1. The largest absolute Gasteiger partial charge is 0.322 e. The Morgan fingerprint density at radius 2 is 1.62 bits per heavy atom. The summed E-state index contributed by atoms with van der Waals surface area (Å²) in [5.41, 5.74) is 3.91. The highest BCUT2D eigenvalue weighted by molar-refractivity contribution is 6.03. The lowest BCUT2D eigenvalue weighted by atomic mass is 10.1. The first-order valence-corrected chi connectivity index (χ1v) is 8.72. The summed E-state index contributed by atoms with van der Waals surface area (Å²) in [4.78, 5) is 25.2. The van der Waals surface area contributed by atoms with Gasteiger partial charge in [-0.2, -0.15) is 0 Å². The zero-order valence-corrected chi connectivity index (χ0v) is 15.0. The second-order valence-corrected chi connectivity index (χ2v) is 6.35. The summed E-state index contributed by atoms with van der Waals surface area (Å²) >= 11 is 0. The van der Waals surface area contributed by atoms with Gasteiger partial charge in [-0.1, -0.05) is 48.9 Å². The van der Waals surface area contributed by atoms with Crippen molar-refractivity contribution in [3.8, 4) is 0 Å². The molecule has 1 N–H and O–H groups in total. The van der Waals surface area contributed by atoms with Gasteiger partial charge in [0.25, 0.3) is 11.5 Å². The number of nitrogens with zero attached hydrogens (tertiary/aromatic N) is 1. The van der Waals surface area contributed by atoms with Gasteiger partial charge >= 0.3 is 0 Å². The Hall–Kier alpha value is -3.14. The number of pyridine rings is 1. The Bertz CT molecular complexity index is 955. The molecule has 0 aliphatic rings. The van der Waals surface area contributed by atoms with E-state index < -0.39 is 5.91 Å². The Morgan fingerprint density at radius 3 is 2.27 bits per heavy atom. The smallest absolute Gasteiger partial charge is 0.263 e. The number of aryl methyl sites for hydroxylation is 2. The number of hydrogen-bond acceptors (Lipinski definition) is 2. The molecule has 2 aromatic carbocycles. The fourth-order valence-electron chi connectivity index (χ4n) is 2.75. The van der Waals surface area contributed by atoms with Gasteiger partial charge in [-0.05, 0) is 48.7 Å². The molecule has 4 nitrogen and oxygen atoms in total. The first kappa shape index (κ1) is 17.7. The molecule has 132 valence electrons. The summed E-state index contributed by atoms with van der Waals surface area (Å²) in [6, 6.07) is 18.9. The summed E-state index contributed by atoms with van der Waals surface area (Å²) in [6.07, 6.45) is 2.64. The number of carbonyl (C=O) groups excluding carboxylic acids is 1. The molecule has 1 amide bonds. The SMILES string of the molecule is CCc1ccc(NC(=O)c2cccn(Cc3ccc(C)cc3)c2=O)cc1. The molecule has 1 heterocycles. The van der Waals surface area contributed by atoms with Gasteiger partial charge in [0.2, 0.25) is 0 Å². The molecule has 0 radical (unpaired) electrons. The van der Waals surface area contributed by atoms with E-state index in [-0.39, 0.29) is 11.1 Å². The quantitative estimate of drug-likeness (QED) is 0.758. The maximum atomic E-state index is 12.7. The highest BCUT2D eigenvalue weighted by atomic mass is 16.2. The fourth-order valence-corrected chi connectivity index (χ4v) is 2.75. The molecule has 4 heteroatoms. The molecule has 0 aliphatic heterocycles. The molecule has 0 aliphatic carbocycles. The molecule has 0 bridgehead atoms. The van der Waals surface area contributed by atoms with E-state index in [2.05, 4.69) is 12.2 Å². The van der Waals surface area contributed by atoms with E-state index in [9.17, 15) is 9.59 Å². The van der Waals surface area contributed by atoms with Crippen molar-refractivity contribution in [2.45, 2.75) is 26.8 Å². The van der Waals surface area contributed by atoms with Gasteiger partial charge < -0.3 is 9.88 Å². The molecule has 0 saturated carbocycles. The number of hydrogen-bond donors (Lipinski definition) is 1. The summed E-state index contributed by atoms with van der Waals surface area (Å²) in [5.74, 6) is -0.391. The highest BCUT2D eigenvalue weighted by Crippen LogP contribution is 2.11. The standard InChI is InChI=1S/C22H22N2O2/c1-3-17-10-12-19(13-11-17)23-21(25)20-5-4-14-24(22(20)26)15-18-8-6-16(2)7-9-18/h4-14H,3,15H2,1-2H3,(H,23,25). The van der Waals surface area contributed by atoms with Crippen molar-refractivity contribution >= 4 is 11.6 Å². The second kappa shape index (κ2) is 7.83. The van der Waals surface area contributed by atoms with E-state index in [0.29, 0.717) is 12.2 Å². The first-order chi connectivity index (χ1) is 12.6. The van der Waals surface area contributed by atoms with Gasteiger partial charge in [0.1, 0.15) is 5.56 Å². The Balaban J connectivity index is 1.80. The van der Waals surface area contributed by atoms with Gasteiger partial charge in [0, 0.05) is 11.9 Å². The van der Waals surface area contributed by atoms with Crippen LogP contribution in [-0.4, -0.2) is 10.5 Å². The lowest BCUT2D eigenvalue weighted by molar-refractivity contribution is 0.102. The normalized spacial score (nSPS) is 10.5. The Morgan fingerprint density at radius 1 is 0.962 bits per heavy atom. The van der Waals surface area contributed by atoms with Crippen LogP contribution in [0, 0.1) is 6.92 Å². The number of nitrogens with one attached hydrogen (secondary N) is 1. The summed E-state index contributed by atoms with van der Waals surface area (Å²) in [5, 5.41) is 2.80. The van der Waals surface area contributed by atoms with Crippen LogP contribution in [0.4, 0.5) is 5.69 Å². The topological polar surface area (TPSA) is 51.1 Å². The molecule has 0 atom stereocenters. The summed E-state index contributed by atoms with van der Waals surface area (Å²) < 4.78 is 1.56. The van der Waals surface area contributed by atoms with Crippen LogP contribution >= 0.6 is 0 Å². The van der Waals surface area contributed by atoms with Crippen molar-refractivity contribution in [3.05, 3.63) is 99.5 Å². The maximum Gasteiger partial charge on any atom is 0.263 e. The van der Waals surface area contributed by atoms with E-state index in [1.807, 2.05) is 55.5 Å². The van der Waals surface area contributed by atoms with E-state index in [4.69, 9.17) is 0 Å². The molecule has 3 rings (SSSR count). The van der Waals surface area contributed by atoms with E-state index in [1.54, 1.807) is 22.9 Å². The van der Waals surface area contributed by atoms with E-state index in [0.717, 1.165) is 12.0 Å². The molecule has 0 saturated heterocycles. The first-order valence-electron chi connectivity index (χ1n) is 8.72. The van der Waals surface area contributed by atoms with Crippen molar-refractivity contribution in [2.75, 3.05) is 5.32 Å². The van der Waals surface area contributed by atoms with Crippen LogP contribution in [0.3, 0.4) is 0 Å². The number of benzene rings is 2. The van der Waals surface area contributed by atoms with Crippen molar-refractivity contribution < 1.29 is 4.79 Å². The predicted molar refractivity (Wildman–Crippen MR) is 105 cm³/mol. The monoisotopic (exact) mass is 346 g/mol. The van der Waals surface area contributed by atoms with Crippen LogP contribution in [-0.2, 0) is 13.0 Å². The van der Waals surface area contributed by atoms with Crippen LogP contribution in [0.1, 0.15) is 34.0 Å². The summed E-state index contributed by atoms with van der Waals surface area (Å²) in [7, 11) is 0. The average Bonchev–Trinajstić information content (AvgIpc) is 2.66. The van der Waals surface area contributed by atoms with Crippen LogP contribution in [0.25, 0.3) is 0 Å². The fraction of sp³-hybridized carbons (Fsp3) is 0.182. The maximum absolute atomic E-state index is 12.7. The van der Waals surface area contributed by atoms with Crippen molar-refractivity contribution in [2.24, 2.45) is 0 Å². The van der Waals surface area contributed by atoms with E-state index >= 15 is 0 Å². The molecule has 0 fully saturated rings. The van der Waals surface area contributed by atoms with Crippen LogP contribution in [0.5, 0.6) is 0 Å². The van der Waals surface area contributed by atoms with Gasteiger partial charge in [-0.3, -0.25) is 9.59 Å². The van der Waals surface area contributed by atoms with Crippen LogP contribution in [0.15, 0.2) is 71.7 Å². The lowest BCUT2D eigenvalue weighted by Crippen LogP contribution is -2.29. The highest BCUT2D eigenvalue weighted by Gasteiger charge is 2.12. The van der Waals surface area contributed by atoms with Gasteiger partial charge in [0.05, 0.1) is 6.54 Å². The number of rotatable bonds is 5. The van der Waals surface area contributed by atoms with Gasteiger partial charge in [-0.15, -0.1) is 0 Å². The van der Waals surface area contributed by atoms with Gasteiger partial charge in [0.15, 0.2) is 0 Å². The van der Waals surface area contributed by atoms with Crippen LogP contribution < -0.4 is 10.9 Å². The summed E-state index contributed by atoms with van der Waals surface area (Å²) in [6.45, 7) is 4.54. The van der Waals surface area contributed by atoms with Crippen LogP contribution in [0.2, 0.25) is 0 Å². The minimum absolute atomic E-state index is 0.138. The zero-order chi connectivity index (χ0) is 18.5. The number of carbonyl (C=O) groups is 1. The second-order valence-electron chi connectivity index (χ2n) is 6.35. The number of amides is 1. The van der Waals surface area contributed by atoms with Crippen molar-refractivity contribution in [3.63, 3.8) is 0 Å². The van der Waals surface area contributed by atoms with Crippen molar-refractivity contribution in [1.29, 1.82) is 0 Å². The predicted octanol–water partition coefficient (Wildman–Crippen LogP) is 4.02. The van der Waals surface area contributed by atoms with Gasteiger partial charge in [-0.25, -0.2) is 0 Å². The van der Waals surface area contributed by atoms with Crippen molar-refractivity contribution in [1.82, 2.24) is 4.57 Å². The Labute approximate surface area is 153 Å². The number of anilines is 1. The lowest BCUT2D eigenvalue weighted by Gasteiger charge is -2.09. The minimum atomic E-state index is -0.391. The third-order valence-corrected chi connectivity index (χ3v) is 4.36. The molecule has 0 unspecified atom stereocenters. The third-order valence-electron chi connectivity index (χ3n) is 4.36. The zero-order valence-electron chi connectivity index (χ0n) is 15.0. The third kappa shape index (κ3) is 4.09. The Kier molecular flexibility index (Phi) is 5.32.